The Morgan fingerprint density at radius 3 is 2.70 bits per heavy atom. The highest BCUT2D eigenvalue weighted by Crippen LogP contribution is 2.29. The molecular weight excluding hydrogens is 374 g/mol. The molecule has 6 heteroatoms. The Hall–Kier alpha value is -2.70. The molecule has 4 rings (SSSR count). The van der Waals surface area contributed by atoms with Crippen molar-refractivity contribution in [1.29, 1.82) is 0 Å². The minimum Gasteiger partial charge on any atom is -0.395 e. The average Bonchev–Trinajstić information content (AvgIpc) is 3.04. The van der Waals surface area contributed by atoms with Crippen LogP contribution < -0.4 is 5.32 Å². The third-order valence-corrected chi connectivity index (χ3v) is 6.01. The lowest BCUT2D eigenvalue weighted by Crippen LogP contribution is -2.32. The largest absolute Gasteiger partial charge is 0.395 e. The van der Waals surface area contributed by atoms with Crippen molar-refractivity contribution in [3.8, 4) is 0 Å². The first-order valence-electron chi connectivity index (χ1n) is 10.7. The molecule has 0 radical (unpaired) electrons. The van der Waals surface area contributed by atoms with E-state index in [2.05, 4.69) is 52.8 Å². The van der Waals surface area contributed by atoms with Crippen molar-refractivity contribution in [2.24, 2.45) is 0 Å². The van der Waals surface area contributed by atoms with E-state index in [1.165, 1.54) is 29.8 Å². The van der Waals surface area contributed by atoms with Crippen LogP contribution in [0.15, 0.2) is 30.5 Å². The summed E-state index contributed by atoms with van der Waals surface area (Å²) < 4.78 is 2.51. The SMILES string of the molecule is Cc1cc(C=Cc2cnc3ccc(NCCO)cc3n2)c(C)n1C1CCN(C)CC1. The monoisotopic (exact) mass is 405 g/mol. The summed E-state index contributed by atoms with van der Waals surface area (Å²) in [7, 11) is 2.20. The average molecular weight is 406 g/mol. The van der Waals surface area contributed by atoms with E-state index < -0.39 is 0 Å². The molecule has 0 amide bonds. The van der Waals surface area contributed by atoms with Crippen molar-refractivity contribution in [1.82, 2.24) is 19.4 Å². The first-order chi connectivity index (χ1) is 14.5. The van der Waals surface area contributed by atoms with Gasteiger partial charge in [-0.3, -0.25) is 4.98 Å². The van der Waals surface area contributed by atoms with Crippen LogP contribution in [0, 0.1) is 13.8 Å². The molecule has 6 nitrogen and oxygen atoms in total. The molecule has 1 saturated heterocycles. The zero-order chi connectivity index (χ0) is 21.1. The number of hydrogen-bond donors (Lipinski definition) is 2. The molecule has 2 N–H and O–H groups in total. The van der Waals surface area contributed by atoms with Gasteiger partial charge in [-0.15, -0.1) is 0 Å². The Morgan fingerprint density at radius 2 is 1.93 bits per heavy atom. The zero-order valence-corrected chi connectivity index (χ0v) is 18.1. The van der Waals surface area contributed by atoms with Crippen LogP contribution in [0.1, 0.15) is 41.5 Å². The van der Waals surface area contributed by atoms with Gasteiger partial charge in [-0.25, -0.2) is 4.98 Å². The van der Waals surface area contributed by atoms with Crippen LogP contribution in [-0.2, 0) is 0 Å². The summed E-state index contributed by atoms with van der Waals surface area (Å²) in [4.78, 5) is 11.7. The number of anilines is 1. The van der Waals surface area contributed by atoms with Gasteiger partial charge in [0.1, 0.15) is 0 Å². The number of benzene rings is 1. The van der Waals surface area contributed by atoms with Gasteiger partial charge in [0.05, 0.1) is 29.5 Å². The number of aryl methyl sites for hydroxylation is 1. The first kappa shape index (κ1) is 20.6. The van der Waals surface area contributed by atoms with Crippen molar-refractivity contribution >= 4 is 28.9 Å². The number of aliphatic hydroxyl groups is 1. The number of hydrogen-bond acceptors (Lipinski definition) is 5. The summed E-state index contributed by atoms with van der Waals surface area (Å²) in [6.07, 6.45) is 8.42. The lowest BCUT2D eigenvalue weighted by atomic mass is 10.0. The molecular formula is C24H31N5O. The smallest absolute Gasteiger partial charge is 0.0914 e. The zero-order valence-electron chi connectivity index (χ0n) is 18.1. The summed E-state index contributed by atoms with van der Waals surface area (Å²) in [5, 5.41) is 12.2. The fourth-order valence-electron chi connectivity index (χ4n) is 4.38. The quantitative estimate of drug-likeness (QED) is 0.651. The van der Waals surface area contributed by atoms with Gasteiger partial charge in [0, 0.05) is 29.7 Å². The maximum absolute atomic E-state index is 9.00. The Labute approximate surface area is 178 Å². The minimum atomic E-state index is 0.0997. The number of aromatic nitrogens is 3. The lowest BCUT2D eigenvalue weighted by molar-refractivity contribution is 0.218. The number of nitrogens with zero attached hydrogens (tertiary/aromatic N) is 4. The van der Waals surface area contributed by atoms with Gasteiger partial charge in [-0.1, -0.05) is 6.08 Å². The van der Waals surface area contributed by atoms with Crippen molar-refractivity contribution in [2.45, 2.75) is 32.7 Å². The van der Waals surface area contributed by atoms with Gasteiger partial charge >= 0.3 is 0 Å². The van der Waals surface area contributed by atoms with Gasteiger partial charge < -0.3 is 19.9 Å². The van der Waals surface area contributed by atoms with E-state index in [0.717, 1.165) is 35.5 Å². The van der Waals surface area contributed by atoms with Crippen LogP contribution in [0.3, 0.4) is 0 Å². The van der Waals surface area contributed by atoms with Gasteiger partial charge in [-0.05, 0) is 82.7 Å². The Balaban J connectivity index is 1.56. The summed E-state index contributed by atoms with van der Waals surface area (Å²) >= 11 is 0. The molecule has 30 heavy (non-hydrogen) atoms. The number of rotatable bonds is 6. The normalized spacial score (nSPS) is 16.0. The van der Waals surface area contributed by atoms with Crippen LogP contribution in [0.4, 0.5) is 5.69 Å². The molecule has 0 atom stereocenters. The third kappa shape index (κ3) is 4.40. The van der Waals surface area contributed by atoms with Crippen molar-refractivity contribution in [2.75, 3.05) is 38.6 Å². The molecule has 3 aromatic rings. The summed E-state index contributed by atoms with van der Waals surface area (Å²) in [6, 6.07) is 8.75. The number of fused-ring (bicyclic) bond motifs is 1. The Morgan fingerprint density at radius 1 is 1.13 bits per heavy atom. The molecule has 2 aromatic heterocycles. The molecule has 0 aliphatic carbocycles. The fourth-order valence-corrected chi connectivity index (χ4v) is 4.38. The number of likely N-dealkylation sites (tertiary alicyclic amines) is 1. The van der Waals surface area contributed by atoms with E-state index in [1.807, 2.05) is 30.5 Å². The van der Waals surface area contributed by atoms with E-state index in [0.29, 0.717) is 12.6 Å². The predicted molar refractivity (Wildman–Crippen MR) is 124 cm³/mol. The Kier molecular flexibility index (Phi) is 6.16. The molecule has 1 aromatic carbocycles. The summed E-state index contributed by atoms with van der Waals surface area (Å²) in [5.74, 6) is 0. The first-order valence-corrected chi connectivity index (χ1v) is 10.7. The van der Waals surface area contributed by atoms with Crippen LogP contribution in [-0.4, -0.2) is 57.8 Å². The molecule has 3 heterocycles. The summed E-state index contributed by atoms with van der Waals surface area (Å²) in [6.45, 7) is 7.37. The lowest BCUT2D eigenvalue weighted by Gasteiger charge is -2.31. The van der Waals surface area contributed by atoms with Crippen molar-refractivity contribution in [3.05, 3.63) is 53.1 Å². The van der Waals surface area contributed by atoms with Crippen LogP contribution in [0.5, 0.6) is 0 Å². The van der Waals surface area contributed by atoms with E-state index in [-0.39, 0.29) is 6.61 Å². The molecule has 0 spiro atoms. The second-order valence-corrected chi connectivity index (χ2v) is 8.21. The maximum Gasteiger partial charge on any atom is 0.0914 e. The van der Waals surface area contributed by atoms with E-state index in [4.69, 9.17) is 10.1 Å². The van der Waals surface area contributed by atoms with E-state index in [1.54, 1.807) is 0 Å². The van der Waals surface area contributed by atoms with Gasteiger partial charge in [0.25, 0.3) is 0 Å². The highest BCUT2D eigenvalue weighted by atomic mass is 16.3. The molecule has 158 valence electrons. The van der Waals surface area contributed by atoms with Crippen LogP contribution in [0.25, 0.3) is 23.2 Å². The highest BCUT2D eigenvalue weighted by molar-refractivity contribution is 5.80. The standard InChI is InChI=1S/C24H31N5O/c1-17-14-19(18(2)29(17)22-8-11-28(3)12-9-22)4-5-21-16-26-23-7-6-20(25-10-13-30)15-24(23)27-21/h4-7,14-16,22,25,30H,8-13H2,1-3H3. The molecule has 0 bridgehead atoms. The number of aliphatic hydroxyl groups excluding tert-OH is 1. The second-order valence-electron chi connectivity index (χ2n) is 8.21. The van der Waals surface area contributed by atoms with E-state index in [9.17, 15) is 0 Å². The topological polar surface area (TPSA) is 66.2 Å². The molecule has 1 aliphatic heterocycles. The number of nitrogens with one attached hydrogen (secondary N) is 1. The number of piperidine rings is 1. The molecule has 0 unspecified atom stereocenters. The predicted octanol–water partition coefficient (Wildman–Crippen LogP) is 3.89. The van der Waals surface area contributed by atoms with E-state index >= 15 is 0 Å². The molecule has 1 aliphatic rings. The van der Waals surface area contributed by atoms with Crippen molar-refractivity contribution < 1.29 is 5.11 Å². The Bertz CT molecular complexity index is 1050. The minimum absolute atomic E-state index is 0.0997. The third-order valence-electron chi connectivity index (χ3n) is 6.01. The fraction of sp³-hybridized carbons (Fsp3) is 0.417. The van der Waals surface area contributed by atoms with Gasteiger partial charge in [0.2, 0.25) is 0 Å². The second kappa shape index (κ2) is 8.98. The molecule has 1 fully saturated rings. The van der Waals surface area contributed by atoms with Crippen molar-refractivity contribution in [3.63, 3.8) is 0 Å². The highest BCUT2D eigenvalue weighted by Gasteiger charge is 2.21. The van der Waals surface area contributed by atoms with Crippen LogP contribution >= 0.6 is 0 Å². The maximum atomic E-state index is 9.00. The van der Waals surface area contributed by atoms with Gasteiger partial charge in [-0.2, -0.15) is 0 Å². The van der Waals surface area contributed by atoms with Gasteiger partial charge in [0.15, 0.2) is 0 Å². The summed E-state index contributed by atoms with van der Waals surface area (Å²) in [5.41, 5.74) is 7.37. The van der Waals surface area contributed by atoms with Crippen LogP contribution in [0.2, 0.25) is 0 Å². The molecule has 0 saturated carbocycles.